The van der Waals surface area contributed by atoms with Gasteiger partial charge < -0.3 is 9.64 Å². The molecule has 0 aliphatic carbocycles. The van der Waals surface area contributed by atoms with Crippen molar-refractivity contribution in [3.63, 3.8) is 0 Å². The summed E-state index contributed by atoms with van der Waals surface area (Å²) < 4.78 is 28.9. The molecule has 1 heterocycles. The number of sulfone groups is 1. The number of ether oxygens (including phenoxy) is 1. The molecule has 0 spiro atoms. The smallest absolute Gasteiger partial charge is 0.316 e. The van der Waals surface area contributed by atoms with E-state index >= 15 is 0 Å². The molecule has 0 radical (unpaired) electrons. The largest absolute Gasteiger partial charge is 0.455 e. The molecule has 2 aromatic carbocycles. The number of benzene rings is 2. The average Bonchev–Trinajstić information content (AvgIpc) is 3.06. The quantitative estimate of drug-likeness (QED) is 0.507. The highest BCUT2D eigenvalue weighted by Crippen LogP contribution is 2.24. The van der Waals surface area contributed by atoms with E-state index < -0.39 is 34.4 Å². The molecule has 1 amide bonds. The second-order valence-electron chi connectivity index (χ2n) is 6.42. The SMILES string of the molecule is O=C(CSc1ccccc1)OCC(=O)N(c1ccccc1)[C@H]1CCS(=O)(=O)C1. The molecule has 1 aliphatic heterocycles. The van der Waals surface area contributed by atoms with Gasteiger partial charge in [-0.25, -0.2) is 8.42 Å². The Morgan fingerprint density at radius 2 is 1.68 bits per heavy atom. The number of esters is 1. The van der Waals surface area contributed by atoms with Crippen molar-refractivity contribution in [3.05, 3.63) is 60.7 Å². The fraction of sp³-hybridized carbons (Fsp3) is 0.300. The fourth-order valence-corrected chi connectivity index (χ4v) is 5.46. The summed E-state index contributed by atoms with van der Waals surface area (Å²) in [5, 5.41) is 0. The summed E-state index contributed by atoms with van der Waals surface area (Å²) in [6, 6.07) is 17.9. The number of nitrogens with zero attached hydrogens (tertiary/aromatic N) is 1. The summed E-state index contributed by atoms with van der Waals surface area (Å²) in [7, 11) is -3.16. The van der Waals surface area contributed by atoms with Crippen LogP contribution < -0.4 is 4.90 Å². The molecular formula is C20H21NO5S2. The predicted molar refractivity (Wildman–Crippen MR) is 109 cm³/mol. The Morgan fingerprint density at radius 3 is 2.29 bits per heavy atom. The lowest BCUT2D eigenvalue weighted by molar-refractivity contribution is -0.145. The number of hydrogen-bond acceptors (Lipinski definition) is 6. The molecule has 1 atom stereocenters. The van der Waals surface area contributed by atoms with E-state index in [0.29, 0.717) is 12.1 Å². The van der Waals surface area contributed by atoms with Gasteiger partial charge in [0.25, 0.3) is 5.91 Å². The highest BCUT2D eigenvalue weighted by molar-refractivity contribution is 8.00. The van der Waals surface area contributed by atoms with Crippen LogP contribution in [0.5, 0.6) is 0 Å². The number of para-hydroxylation sites is 1. The highest BCUT2D eigenvalue weighted by atomic mass is 32.2. The lowest BCUT2D eigenvalue weighted by atomic mass is 10.2. The third kappa shape index (κ3) is 5.59. The van der Waals surface area contributed by atoms with E-state index in [4.69, 9.17) is 4.74 Å². The summed E-state index contributed by atoms with van der Waals surface area (Å²) in [6.07, 6.45) is 0.376. The minimum atomic E-state index is -3.16. The Morgan fingerprint density at radius 1 is 1.04 bits per heavy atom. The van der Waals surface area contributed by atoms with Gasteiger partial charge in [0.1, 0.15) is 0 Å². The molecular weight excluding hydrogens is 398 g/mol. The van der Waals surface area contributed by atoms with E-state index in [1.54, 1.807) is 24.3 Å². The van der Waals surface area contributed by atoms with Crippen LogP contribution in [0, 0.1) is 0 Å². The minimum absolute atomic E-state index is 0.0573. The van der Waals surface area contributed by atoms with Crippen molar-refractivity contribution >= 4 is 39.2 Å². The maximum atomic E-state index is 12.8. The lowest BCUT2D eigenvalue weighted by Gasteiger charge is -2.28. The second kappa shape index (κ2) is 9.25. The van der Waals surface area contributed by atoms with E-state index in [9.17, 15) is 18.0 Å². The van der Waals surface area contributed by atoms with Gasteiger partial charge in [-0.2, -0.15) is 0 Å². The molecule has 0 saturated carbocycles. The van der Waals surface area contributed by atoms with Gasteiger partial charge in [0, 0.05) is 10.6 Å². The van der Waals surface area contributed by atoms with Crippen LogP contribution in [0.1, 0.15) is 6.42 Å². The van der Waals surface area contributed by atoms with Crippen molar-refractivity contribution in [3.8, 4) is 0 Å². The van der Waals surface area contributed by atoms with Crippen LogP contribution in [0.15, 0.2) is 65.6 Å². The van der Waals surface area contributed by atoms with Crippen LogP contribution in [0.4, 0.5) is 5.69 Å². The fourth-order valence-electron chi connectivity index (χ4n) is 3.04. The number of carbonyl (C=O) groups is 2. The standard InChI is InChI=1S/C20H21NO5S2/c22-19(13-26-20(23)14-27-18-9-5-2-6-10-18)21(16-7-3-1-4-8-16)17-11-12-28(24,25)15-17/h1-10,17H,11-15H2/t17-/m0/s1. The first kappa shape index (κ1) is 20.4. The summed E-state index contributed by atoms with van der Waals surface area (Å²) >= 11 is 1.33. The normalized spacial score (nSPS) is 17.8. The van der Waals surface area contributed by atoms with Gasteiger partial charge in [-0.3, -0.25) is 9.59 Å². The molecule has 0 N–H and O–H groups in total. The molecule has 148 valence electrons. The molecule has 28 heavy (non-hydrogen) atoms. The van der Waals surface area contributed by atoms with Crippen molar-refractivity contribution in [1.29, 1.82) is 0 Å². The molecule has 1 aliphatic rings. The molecule has 1 fully saturated rings. The van der Waals surface area contributed by atoms with E-state index in [0.717, 1.165) is 4.90 Å². The van der Waals surface area contributed by atoms with Gasteiger partial charge in [-0.05, 0) is 30.7 Å². The van der Waals surface area contributed by atoms with E-state index in [1.807, 2.05) is 36.4 Å². The topological polar surface area (TPSA) is 80.8 Å². The highest BCUT2D eigenvalue weighted by Gasteiger charge is 2.35. The second-order valence-corrected chi connectivity index (χ2v) is 9.70. The number of hydrogen-bond donors (Lipinski definition) is 0. The lowest BCUT2D eigenvalue weighted by Crippen LogP contribution is -2.43. The number of thioether (sulfide) groups is 1. The third-order valence-electron chi connectivity index (χ3n) is 4.33. The molecule has 0 unspecified atom stereocenters. The Hall–Kier alpha value is -2.32. The molecule has 2 aromatic rings. The van der Waals surface area contributed by atoms with Gasteiger partial charge in [-0.15, -0.1) is 11.8 Å². The first-order valence-corrected chi connectivity index (χ1v) is 11.7. The van der Waals surface area contributed by atoms with Crippen molar-refractivity contribution in [1.82, 2.24) is 0 Å². The van der Waals surface area contributed by atoms with Crippen molar-refractivity contribution < 1.29 is 22.7 Å². The van der Waals surface area contributed by atoms with E-state index in [1.165, 1.54) is 16.7 Å². The minimum Gasteiger partial charge on any atom is -0.455 e. The van der Waals surface area contributed by atoms with Crippen LogP contribution in [0.2, 0.25) is 0 Å². The van der Waals surface area contributed by atoms with Crippen LogP contribution in [-0.2, 0) is 24.2 Å². The first-order chi connectivity index (χ1) is 13.4. The Labute approximate surface area is 168 Å². The van der Waals surface area contributed by atoms with Crippen LogP contribution >= 0.6 is 11.8 Å². The van der Waals surface area contributed by atoms with Gasteiger partial charge in [0.15, 0.2) is 16.4 Å². The van der Waals surface area contributed by atoms with Crippen molar-refractivity contribution in [2.24, 2.45) is 0 Å². The molecule has 6 nitrogen and oxygen atoms in total. The van der Waals surface area contributed by atoms with Crippen molar-refractivity contribution in [2.45, 2.75) is 17.4 Å². The summed E-state index contributed by atoms with van der Waals surface area (Å²) in [6.45, 7) is -0.417. The monoisotopic (exact) mass is 419 g/mol. The van der Waals surface area contributed by atoms with E-state index in [-0.39, 0.29) is 17.3 Å². The summed E-state index contributed by atoms with van der Waals surface area (Å²) in [5.41, 5.74) is 0.601. The molecule has 8 heteroatoms. The van der Waals surface area contributed by atoms with Gasteiger partial charge in [0.05, 0.1) is 23.3 Å². The molecule has 0 bridgehead atoms. The van der Waals surface area contributed by atoms with Crippen LogP contribution in [0.3, 0.4) is 0 Å². The average molecular weight is 420 g/mol. The Balaban J connectivity index is 1.61. The molecule has 3 rings (SSSR count). The molecule has 1 saturated heterocycles. The maximum absolute atomic E-state index is 12.8. The number of rotatable bonds is 7. The first-order valence-electron chi connectivity index (χ1n) is 8.85. The maximum Gasteiger partial charge on any atom is 0.316 e. The number of amides is 1. The summed E-state index contributed by atoms with van der Waals surface area (Å²) in [4.78, 5) is 27.1. The van der Waals surface area contributed by atoms with Crippen LogP contribution in [0.25, 0.3) is 0 Å². The van der Waals surface area contributed by atoms with Gasteiger partial charge in [0.2, 0.25) is 0 Å². The number of anilines is 1. The Bertz CT molecular complexity index is 916. The molecule has 0 aromatic heterocycles. The zero-order valence-electron chi connectivity index (χ0n) is 15.2. The zero-order chi connectivity index (χ0) is 20.0. The van der Waals surface area contributed by atoms with Gasteiger partial charge >= 0.3 is 5.97 Å². The van der Waals surface area contributed by atoms with Gasteiger partial charge in [-0.1, -0.05) is 36.4 Å². The predicted octanol–water partition coefficient (Wildman–Crippen LogP) is 2.54. The summed E-state index contributed by atoms with van der Waals surface area (Å²) in [5.74, 6) is -0.839. The third-order valence-corrected chi connectivity index (χ3v) is 7.07. The van der Waals surface area contributed by atoms with Crippen molar-refractivity contribution in [2.75, 3.05) is 28.8 Å². The number of carbonyl (C=O) groups excluding carboxylic acids is 2. The van der Waals surface area contributed by atoms with E-state index in [2.05, 4.69) is 0 Å². The Kier molecular flexibility index (Phi) is 6.74. The zero-order valence-corrected chi connectivity index (χ0v) is 16.8. The van der Waals surface area contributed by atoms with Crippen LogP contribution in [-0.4, -0.2) is 50.2 Å².